The molecule has 1 saturated heterocycles. The lowest BCUT2D eigenvalue weighted by molar-refractivity contribution is 0.0950. The Morgan fingerprint density at radius 1 is 1.21 bits per heavy atom. The number of hydrogen-bond donors (Lipinski definition) is 2. The molecule has 6 heteroatoms. The highest BCUT2D eigenvalue weighted by molar-refractivity contribution is 5.94. The molecule has 2 aromatic carbocycles. The molecular weight excluding hydrogens is 314 g/mol. The van der Waals surface area contributed by atoms with Crippen LogP contribution in [0.4, 0.5) is 8.78 Å². The first-order valence-corrected chi connectivity index (χ1v) is 7.86. The number of hydrogen-bond acceptors (Lipinski definition) is 3. The number of halogens is 2. The molecule has 1 fully saturated rings. The Morgan fingerprint density at radius 2 is 2.00 bits per heavy atom. The van der Waals surface area contributed by atoms with Crippen molar-refractivity contribution in [3.05, 3.63) is 59.7 Å². The number of nitrogens with one attached hydrogen (secondary N) is 2. The maximum absolute atomic E-state index is 13.6. The van der Waals surface area contributed by atoms with Gasteiger partial charge in [0.2, 0.25) is 0 Å². The Hall–Kier alpha value is -2.47. The van der Waals surface area contributed by atoms with Gasteiger partial charge >= 0.3 is 0 Å². The summed E-state index contributed by atoms with van der Waals surface area (Å²) in [6, 6.07) is 9.79. The van der Waals surface area contributed by atoms with E-state index in [2.05, 4.69) is 10.6 Å². The molecule has 0 aliphatic carbocycles. The first-order valence-electron chi connectivity index (χ1n) is 7.86. The second-order valence-corrected chi connectivity index (χ2v) is 5.70. The number of amides is 1. The smallest absolute Gasteiger partial charge is 0.251 e. The minimum atomic E-state index is -0.777. The molecule has 1 aliphatic heterocycles. The standard InChI is InChI=1S/C18H18F2N2O2/c19-13-5-8-17(16(20)10-13)24-15-6-3-12(4-7-15)18(23)22-11-14-2-1-9-21-14/h3-8,10,14,21H,1-2,9,11H2,(H,22,23). The van der Waals surface area contributed by atoms with Crippen molar-refractivity contribution < 1.29 is 18.3 Å². The minimum absolute atomic E-state index is 0.0686. The molecule has 2 aromatic rings. The van der Waals surface area contributed by atoms with Gasteiger partial charge < -0.3 is 15.4 Å². The number of rotatable bonds is 5. The highest BCUT2D eigenvalue weighted by Crippen LogP contribution is 2.25. The fraction of sp³-hybridized carbons (Fsp3) is 0.278. The molecule has 0 radical (unpaired) electrons. The molecule has 0 aromatic heterocycles. The third-order valence-corrected chi connectivity index (χ3v) is 3.91. The van der Waals surface area contributed by atoms with E-state index in [1.54, 1.807) is 24.3 Å². The fourth-order valence-electron chi connectivity index (χ4n) is 2.61. The SMILES string of the molecule is O=C(NCC1CCCN1)c1ccc(Oc2ccc(F)cc2F)cc1. The topological polar surface area (TPSA) is 50.4 Å². The maximum Gasteiger partial charge on any atom is 0.251 e. The van der Waals surface area contributed by atoms with Crippen LogP contribution in [0.2, 0.25) is 0 Å². The van der Waals surface area contributed by atoms with Crippen LogP contribution < -0.4 is 15.4 Å². The molecule has 126 valence electrons. The molecule has 0 bridgehead atoms. The van der Waals surface area contributed by atoms with E-state index in [1.807, 2.05) is 0 Å². The van der Waals surface area contributed by atoms with Gasteiger partial charge in [-0.05, 0) is 55.8 Å². The van der Waals surface area contributed by atoms with Crippen LogP contribution in [0.15, 0.2) is 42.5 Å². The van der Waals surface area contributed by atoms with E-state index in [0.717, 1.165) is 31.5 Å². The summed E-state index contributed by atoms with van der Waals surface area (Å²) in [5, 5.41) is 6.19. The van der Waals surface area contributed by atoms with Gasteiger partial charge in [0.15, 0.2) is 11.6 Å². The molecule has 1 aliphatic rings. The van der Waals surface area contributed by atoms with Crippen LogP contribution in [0, 0.1) is 11.6 Å². The van der Waals surface area contributed by atoms with Gasteiger partial charge in [0.1, 0.15) is 11.6 Å². The van der Waals surface area contributed by atoms with Crippen LogP contribution in [0.3, 0.4) is 0 Å². The molecule has 1 heterocycles. The normalized spacial score (nSPS) is 16.8. The van der Waals surface area contributed by atoms with Gasteiger partial charge in [-0.2, -0.15) is 0 Å². The van der Waals surface area contributed by atoms with Gasteiger partial charge in [-0.3, -0.25) is 4.79 Å². The van der Waals surface area contributed by atoms with Crippen LogP contribution >= 0.6 is 0 Å². The lowest BCUT2D eigenvalue weighted by Gasteiger charge is -2.12. The lowest BCUT2D eigenvalue weighted by atomic mass is 10.2. The van der Waals surface area contributed by atoms with Crippen molar-refractivity contribution in [3.8, 4) is 11.5 Å². The second kappa shape index (κ2) is 7.40. The van der Waals surface area contributed by atoms with Crippen molar-refractivity contribution >= 4 is 5.91 Å². The van der Waals surface area contributed by atoms with E-state index >= 15 is 0 Å². The monoisotopic (exact) mass is 332 g/mol. The van der Waals surface area contributed by atoms with E-state index in [0.29, 0.717) is 23.9 Å². The van der Waals surface area contributed by atoms with Crippen LogP contribution in [0.25, 0.3) is 0 Å². The van der Waals surface area contributed by atoms with Gasteiger partial charge in [0.05, 0.1) is 0 Å². The largest absolute Gasteiger partial charge is 0.454 e. The number of ether oxygens (including phenoxy) is 1. The Labute approximate surface area is 138 Å². The zero-order valence-corrected chi connectivity index (χ0v) is 13.0. The highest BCUT2D eigenvalue weighted by atomic mass is 19.1. The molecule has 0 spiro atoms. The molecule has 1 atom stereocenters. The molecule has 4 nitrogen and oxygen atoms in total. The van der Waals surface area contributed by atoms with E-state index in [9.17, 15) is 13.6 Å². The van der Waals surface area contributed by atoms with Gasteiger partial charge in [0, 0.05) is 24.2 Å². The predicted molar refractivity (Wildman–Crippen MR) is 86.2 cm³/mol. The zero-order valence-electron chi connectivity index (χ0n) is 13.0. The van der Waals surface area contributed by atoms with Crippen LogP contribution in [0.5, 0.6) is 11.5 Å². The molecule has 24 heavy (non-hydrogen) atoms. The molecule has 1 amide bonds. The number of carbonyl (C=O) groups is 1. The summed E-state index contributed by atoms with van der Waals surface area (Å²) in [6.07, 6.45) is 2.20. The fourth-order valence-corrected chi connectivity index (χ4v) is 2.61. The minimum Gasteiger partial charge on any atom is -0.454 e. The molecule has 2 N–H and O–H groups in total. The van der Waals surface area contributed by atoms with Gasteiger partial charge in [-0.1, -0.05) is 0 Å². The summed E-state index contributed by atoms with van der Waals surface area (Å²) >= 11 is 0. The van der Waals surface area contributed by atoms with E-state index in [1.165, 1.54) is 6.07 Å². The third-order valence-electron chi connectivity index (χ3n) is 3.91. The first kappa shape index (κ1) is 16.4. The first-order chi connectivity index (χ1) is 11.6. The van der Waals surface area contributed by atoms with Crippen molar-refractivity contribution in [2.45, 2.75) is 18.9 Å². The summed E-state index contributed by atoms with van der Waals surface area (Å²) < 4.78 is 31.8. The average Bonchev–Trinajstić information content (AvgIpc) is 3.09. The lowest BCUT2D eigenvalue weighted by Crippen LogP contribution is -2.37. The molecule has 1 unspecified atom stereocenters. The predicted octanol–water partition coefficient (Wildman–Crippen LogP) is 3.24. The van der Waals surface area contributed by atoms with E-state index in [-0.39, 0.29) is 11.7 Å². The quantitative estimate of drug-likeness (QED) is 0.884. The van der Waals surface area contributed by atoms with Gasteiger partial charge in [0.25, 0.3) is 5.91 Å². The molecule has 3 rings (SSSR count). The van der Waals surface area contributed by atoms with Crippen LogP contribution in [-0.4, -0.2) is 25.0 Å². The Kier molecular flexibility index (Phi) is 5.05. The van der Waals surface area contributed by atoms with Crippen molar-refractivity contribution in [2.75, 3.05) is 13.1 Å². The van der Waals surface area contributed by atoms with Crippen molar-refractivity contribution in [2.24, 2.45) is 0 Å². The zero-order chi connectivity index (χ0) is 16.9. The summed E-state index contributed by atoms with van der Waals surface area (Å²) in [7, 11) is 0. The summed E-state index contributed by atoms with van der Waals surface area (Å²) in [4.78, 5) is 12.1. The molecule has 0 saturated carbocycles. The van der Waals surface area contributed by atoms with Crippen LogP contribution in [-0.2, 0) is 0 Å². The van der Waals surface area contributed by atoms with Crippen molar-refractivity contribution in [1.82, 2.24) is 10.6 Å². The van der Waals surface area contributed by atoms with Gasteiger partial charge in [-0.25, -0.2) is 8.78 Å². The Morgan fingerprint density at radius 3 is 2.67 bits per heavy atom. The Balaban J connectivity index is 1.59. The van der Waals surface area contributed by atoms with E-state index < -0.39 is 11.6 Å². The van der Waals surface area contributed by atoms with E-state index in [4.69, 9.17) is 4.74 Å². The number of benzene rings is 2. The second-order valence-electron chi connectivity index (χ2n) is 5.70. The number of carbonyl (C=O) groups excluding carboxylic acids is 1. The Bertz CT molecular complexity index is 713. The molecular formula is C18H18F2N2O2. The maximum atomic E-state index is 13.6. The van der Waals surface area contributed by atoms with Crippen molar-refractivity contribution in [1.29, 1.82) is 0 Å². The summed E-state index contributed by atoms with van der Waals surface area (Å²) in [5.41, 5.74) is 0.500. The average molecular weight is 332 g/mol. The van der Waals surface area contributed by atoms with Crippen molar-refractivity contribution in [3.63, 3.8) is 0 Å². The van der Waals surface area contributed by atoms with Gasteiger partial charge in [-0.15, -0.1) is 0 Å². The van der Waals surface area contributed by atoms with Crippen LogP contribution in [0.1, 0.15) is 23.2 Å². The summed E-state index contributed by atoms with van der Waals surface area (Å²) in [5.74, 6) is -1.30. The summed E-state index contributed by atoms with van der Waals surface area (Å²) in [6.45, 7) is 1.59. The third kappa shape index (κ3) is 4.08. The highest BCUT2D eigenvalue weighted by Gasteiger charge is 2.15.